The first-order valence-electron chi connectivity index (χ1n) is 11.3. The average Bonchev–Trinajstić information content (AvgIpc) is 3.56. The van der Waals surface area contributed by atoms with Gasteiger partial charge in [-0.25, -0.2) is 9.97 Å². The van der Waals surface area contributed by atoms with Crippen LogP contribution in [-0.4, -0.2) is 52.5 Å². The number of carbonyl (C=O) groups is 1. The van der Waals surface area contributed by atoms with E-state index in [0.29, 0.717) is 37.5 Å². The number of hydrogen-bond donors (Lipinski definition) is 1. The molecule has 1 aliphatic carbocycles. The Morgan fingerprint density at radius 2 is 2.09 bits per heavy atom. The van der Waals surface area contributed by atoms with E-state index in [4.69, 9.17) is 5.26 Å². The Morgan fingerprint density at radius 3 is 2.72 bits per heavy atom. The minimum atomic E-state index is -0.473. The second kappa shape index (κ2) is 8.14. The second-order valence-corrected chi connectivity index (χ2v) is 9.29. The van der Waals surface area contributed by atoms with E-state index >= 15 is 0 Å². The Hall–Kier alpha value is -3.05. The maximum Gasteiger partial charge on any atom is 0.223 e. The summed E-state index contributed by atoms with van der Waals surface area (Å²) in [5.41, 5.74) is 1.39. The van der Waals surface area contributed by atoms with Crippen LogP contribution in [0.1, 0.15) is 43.7 Å². The van der Waals surface area contributed by atoms with Gasteiger partial charge in [0.15, 0.2) is 0 Å². The predicted octanol–water partition coefficient (Wildman–Crippen LogP) is 2.58. The van der Waals surface area contributed by atoms with Crippen LogP contribution >= 0.6 is 0 Å². The monoisotopic (exact) mass is 434 g/mol. The standard InChI is InChI=1S/C24H27FN6O/c1-16-10-19-14-30(15-20(16)31(19)22-5-2-17(11-26)12-28-22)23(32)6-9-29-24(7-8-24)18-3-4-21(25)27-13-18/h2-5,12-13,16,19-20,29H,6-10,14-15H2,1H3/t16-,19?,20?/m0/s1. The number of nitrogens with one attached hydrogen (secondary N) is 1. The van der Waals surface area contributed by atoms with Gasteiger partial charge in [-0.15, -0.1) is 0 Å². The molecule has 2 unspecified atom stereocenters. The van der Waals surface area contributed by atoms with E-state index in [1.165, 1.54) is 6.07 Å². The first kappa shape index (κ1) is 20.8. The van der Waals surface area contributed by atoms with Gasteiger partial charge in [-0.2, -0.15) is 9.65 Å². The number of anilines is 1. The molecule has 3 aliphatic rings. The number of likely N-dealkylation sites (tertiary alicyclic amines) is 1. The third-order valence-corrected chi connectivity index (χ3v) is 7.22. The number of halogens is 1. The summed E-state index contributed by atoms with van der Waals surface area (Å²) in [4.78, 5) is 25.6. The van der Waals surface area contributed by atoms with E-state index in [1.807, 2.05) is 11.0 Å². The summed E-state index contributed by atoms with van der Waals surface area (Å²) in [6.45, 7) is 4.24. The number of hydrogen-bond acceptors (Lipinski definition) is 6. The number of carbonyl (C=O) groups excluding carboxylic acids is 1. The number of aromatic nitrogens is 2. The van der Waals surface area contributed by atoms with Gasteiger partial charge in [0.05, 0.1) is 11.6 Å². The van der Waals surface area contributed by atoms with E-state index in [2.05, 4.69) is 33.2 Å². The SMILES string of the molecule is C[C@H]1CC2CN(C(=O)CCNC3(c4ccc(F)nc4)CC3)CC1N2c1ccc(C#N)cn1. The summed E-state index contributed by atoms with van der Waals surface area (Å²) < 4.78 is 13.1. The zero-order valence-electron chi connectivity index (χ0n) is 18.2. The van der Waals surface area contributed by atoms with Gasteiger partial charge in [-0.3, -0.25) is 4.79 Å². The molecule has 2 saturated heterocycles. The minimum Gasteiger partial charge on any atom is -0.347 e. The summed E-state index contributed by atoms with van der Waals surface area (Å²) in [6.07, 6.45) is 6.65. The van der Waals surface area contributed by atoms with Crippen LogP contribution in [0.3, 0.4) is 0 Å². The topological polar surface area (TPSA) is 85.2 Å². The molecule has 1 saturated carbocycles. The highest BCUT2D eigenvalue weighted by atomic mass is 19.1. The maximum atomic E-state index is 13.1. The molecule has 2 aromatic rings. The molecule has 1 amide bonds. The van der Waals surface area contributed by atoms with Crippen molar-refractivity contribution < 1.29 is 9.18 Å². The fourth-order valence-electron chi connectivity index (χ4n) is 5.31. The van der Waals surface area contributed by atoms with E-state index in [0.717, 1.165) is 30.6 Å². The van der Waals surface area contributed by atoms with E-state index in [-0.39, 0.29) is 23.5 Å². The van der Waals surface area contributed by atoms with Crippen LogP contribution in [0.15, 0.2) is 36.7 Å². The third-order valence-electron chi connectivity index (χ3n) is 7.22. The Labute approximate surface area is 187 Å². The normalized spacial score (nSPS) is 25.5. The fraction of sp³-hybridized carbons (Fsp3) is 0.500. The van der Waals surface area contributed by atoms with Crippen molar-refractivity contribution in [1.82, 2.24) is 20.2 Å². The van der Waals surface area contributed by atoms with Gasteiger partial charge in [-0.1, -0.05) is 13.0 Å². The lowest BCUT2D eigenvalue weighted by Gasteiger charge is -2.42. The number of fused-ring (bicyclic) bond motifs is 2. The summed E-state index contributed by atoms with van der Waals surface area (Å²) in [7, 11) is 0. The van der Waals surface area contributed by atoms with Gasteiger partial charge in [0.25, 0.3) is 0 Å². The Morgan fingerprint density at radius 1 is 1.25 bits per heavy atom. The van der Waals surface area contributed by atoms with Crippen molar-refractivity contribution in [3.8, 4) is 6.07 Å². The first-order chi connectivity index (χ1) is 15.5. The van der Waals surface area contributed by atoms with Gasteiger partial charge in [0.2, 0.25) is 11.9 Å². The molecule has 2 aliphatic heterocycles. The lowest BCUT2D eigenvalue weighted by Crippen LogP contribution is -2.56. The van der Waals surface area contributed by atoms with Crippen molar-refractivity contribution in [2.75, 3.05) is 24.5 Å². The van der Waals surface area contributed by atoms with Crippen LogP contribution in [0.4, 0.5) is 10.2 Å². The van der Waals surface area contributed by atoms with Crippen LogP contribution < -0.4 is 10.2 Å². The number of amides is 1. The van der Waals surface area contributed by atoms with Crippen LogP contribution in [0.5, 0.6) is 0 Å². The molecule has 7 nitrogen and oxygen atoms in total. The van der Waals surface area contributed by atoms with Crippen molar-refractivity contribution in [2.45, 2.75) is 50.2 Å². The molecule has 5 rings (SSSR count). The molecular weight excluding hydrogens is 407 g/mol. The summed E-state index contributed by atoms with van der Waals surface area (Å²) in [5.74, 6) is 1.07. The lowest BCUT2D eigenvalue weighted by atomic mass is 10.0. The summed E-state index contributed by atoms with van der Waals surface area (Å²) in [5, 5.41) is 12.5. The molecule has 1 N–H and O–H groups in total. The molecule has 166 valence electrons. The van der Waals surface area contributed by atoms with E-state index < -0.39 is 5.95 Å². The molecule has 4 heterocycles. The number of pyridine rings is 2. The van der Waals surface area contributed by atoms with Crippen molar-refractivity contribution in [2.24, 2.45) is 5.92 Å². The molecule has 3 fully saturated rings. The summed E-state index contributed by atoms with van der Waals surface area (Å²) in [6, 6.07) is 9.49. The van der Waals surface area contributed by atoms with E-state index in [1.54, 1.807) is 24.5 Å². The molecular formula is C24H27FN6O. The predicted molar refractivity (Wildman–Crippen MR) is 117 cm³/mol. The zero-order chi connectivity index (χ0) is 22.3. The van der Waals surface area contributed by atoms with Gasteiger partial charge in [0, 0.05) is 50.0 Å². The molecule has 2 bridgehead atoms. The average molecular weight is 435 g/mol. The number of nitrogens with zero attached hydrogens (tertiary/aromatic N) is 5. The van der Waals surface area contributed by atoms with E-state index in [9.17, 15) is 9.18 Å². The van der Waals surface area contributed by atoms with Crippen molar-refractivity contribution in [3.63, 3.8) is 0 Å². The first-order valence-corrected chi connectivity index (χ1v) is 11.3. The van der Waals surface area contributed by atoms with Crippen LogP contribution in [0.2, 0.25) is 0 Å². The Bertz CT molecular complexity index is 1030. The summed E-state index contributed by atoms with van der Waals surface area (Å²) >= 11 is 0. The molecule has 8 heteroatoms. The molecule has 32 heavy (non-hydrogen) atoms. The zero-order valence-corrected chi connectivity index (χ0v) is 18.2. The highest BCUT2D eigenvalue weighted by Gasteiger charge is 2.46. The second-order valence-electron chi connectivity index (χ2n) is 9.29. The highest BCUT2D eigenvalue weighted by molar-refractivity contribution is 5.77. The van der Waals surface area contributed by atoms with Gasteiger partial charge in [-0.05, 0) is 48.9 Å². The van der Waals surface area contributed by atoms with Crippen molar-refractivity contribution in [1.29, 1.82) is 5.26 Å². The third kappa shape index (κ3) is 3.82. The highest BCUT2D eigenvalue weighted by Crippen LogP contribution is 2.45. The van der Waals surface area contributed by atoms with Gasteiger partial charge >= 0.3 is 0 Å². The molecule has 2 aromatic heterocycles. The smallest absolute Gasteiger partial charge is 0.223 e. The quantitative estimate of drug-likeness (QED) is 0.704. The molecule has 0 aromatic carbocycles. The molecule has 0 radical (unpaired) electrons. The molecule has 0 spiro atoms. The largest absolute Gasteiger partial charge is 0.347 e. The lowest BCUT2D eigenvalue weighted by molar-refractivity contribution is -0.132. The fourth-order valence-corrected chi connectivity index (χ4v) is 5.31. The van der Waals surface area contributed by atoms with Crippen LogP contribution in [0, 0.1) is 23.2 Å². The van der Waals surface area contributed by atoms with Gasteiger partial charge < -0.3 is 15.1 Å². The van der Waals surface area contributed by atoms with Crippen LogP contribution in [0.25, 0.3) is 0 Å². The van der Waals surface area contributed by atoms with Crippen molar-refractivity contribution >= 4 is 11.7 Å². The maximum absolute atomic E-state index is 13.1. The Kier molecular flexibility index (Phi) is 5.30. The number of rotatable bonds is 6. The number of piperazine rings is 1. The van der Waals surface area contributed by atoms with Gasteiger partial charge in [0.1, 0.15) is 11.9 Å². The Balaban J connectivity index is 1.18. The minimum absolute atomic E-state index is 0.158. The number of nitriles is 1. The molecule has 3 atom stereocenters. The van der Waals surface area contributed by atoms with Crippen molar-refractivity contribution in [3.05, 3.63) is 53.7 Å². The van der Waals surface area contributed by atoms with Crippen LogP contribution in [-0.2, 0) is 10.3 Å².